The van der Waals surface area contributed by atoms with Crippen LogP contribution in [-0.4, -0.2) is 18.7 Å². The van der Waals surface area contributed by atoms with Crippen LogP contribution in [0.25, 0.3) is 0 Å². The zero-order valence-corrected chi connectivity index (χ0v) is 11.6. The third-order valence-electron chi connectivity index (χ3n) is 2.97. The quantitative estimate of drug-likeness (QED) is 0.855. The number of hydrogen-bond donors (Lipinski definition) is 1. The number of ether oxygens (including phenoxy) is 1. The molecular weight excluding hydrogens is 266 g/mol. The van der Waals surface area contributed by atoms with Crippen molar-refractivity contribution in [2.45, 2.75) is 32.0 Å². The first-order valence-corrected chi connectivity index (χ1v) is 6.38. The van der Waals surface area contributed by atoms with Crippen molar-refractivity contribution < 1.29 is 4.74 Å². The monoisotopic (exact) mass is 283 g/mol. The van der Waals surface area contributed by atoms with Gasteiger partial charge >= 0.3 is 0 Å². The number of hydrogen-bond acceptors (Lipinski definition) is 2. The summed E-state index contributed by atoms with van der Waals surface area (Å²) in [7, 11) is 0. The van der Waals surface area contributed by atoms with E-state index in [1.807, 2.05) is 0 Å². The number of rotatable bonds is 1. The van der Waals surface area contributed by atoms with Gasteiger partial charge in [0, 0.05) is 17.6 Å². The van der Waals surface area contributed by atoms with Gasteiger partial charge in [0.05, 0.1) is 5.60 Å². The van der Waals surface area contributed by atoms with Gasteiger partial charge in [-0.1, -0.05) is 28.1 Å². The molecule has 0 radical (unpaired) electrons. The van der Waals surface area contributed by atoms with E-state index in [9.17, 15) is 0 Å². The van der Waals surface area contributed by atoms with Gasteiger partial charge in [0.15, 0.2) is 0 Å². The third-order valence-corrected chi connectivity index (χ3v) is 3.50. The Bertz CT molecular complexity index is 374. The molecule has 1 aromatic rings. The highest BCUT2D eigenvalue weighted by atomic mass is 79.9. The largest absolute Gasteiger partial charge is 0.362 e. The van der Waals surface area contributed by atoms with Crippen molar-refractivity contribution in [2.75, 3.05) is 13.1 Å². The molecule has 88 valence electrons. The van der Waals surface area contributed by atoms with E-state index in [0.717, 1.165) is 17.6 Å². The predicted octanol–water partition coefficient (Wildman–Crippen LogP) is 3.06. The summed E-state index contributed by atoms with van der Waals surface area (Å²) in [6.07, 6.45) is 0. The SMILES string of the molecule is CC1(C)CNCC(C)(c2ccc(Br)cc2)O1. The minimum atomic E-state index is -0.234. The van der Waals surface area contributed by atoms with E-state index >= 15 is 0 Å². The van der Waals surface area contributed by atoms with Crippen molar-refractivity contribution >= 4 is 15.9 Å². The van der Waals surface area contributed by atoms with E-state index < -0.39 is 0 Å². The van der Waals surface area contributed by atoms with Gasteiger partial charge in [-0.3, -0.25) is 0 Å². The summed E-state index contributed by atoms with van der Waals surface area (Å²) in [6.45, 7) is 8.15. The molecule has 1 N–H and O–H groups in total. The average Bonchev–Trinajstić information content (AvgIpc) is 2.16. The Morgan fingerprint density at radius 1 is 1.12 bits per heavy atom. The van der Waals surface area contributed by atoms with Gasteiger partial charge in [-0.15, -0.1) is 0 Å². The van der Waals surface area contributed by atoms with Crippen molar-refractivity contribution in [1.29, 1.82) is 0 Å². The molecule has 1 atom stereocenters. The molecule has 3 heteroatoms. The van der Waals surface area contributed by atoms with E-state index in [1.54, 1.807) is 0 Å². The molecule has 0 bridgehead atoms. The third kappa shape index (κ3) is 2.47. The van der Waals surface area contributed by atoms with Gasteiger partial charge in [-0.25, -0.2) is 0 Å². The van der Waals surface area contributed by atoms with Crippen LogP contribution in [0.5, 0.6) is 0 Å². The lowest BCUT2D eigenvalue weighted by Crippen LogP contribution is -2.55. The fourth-order valence-electron chi connectivity index (χ4n) is 2.25. The Kier molecular flexibility index (Phi) is 3.12. The molecule has 16 heavy (non-hydrogen) atoms. The minimum Gasteiger partial charge on any atom is -0.362 e. The summed E-state index contributed by atoms with van der Waals surface area (Å²) < 4.78 is 7.31. The number of nitrogens with one attached hydrogen (secondary N) is 1. The van der Waals surface area contributed by atoms with Crippen molar-refractivity contribution in [2.24, 2.45) is 0 Å². The van der Waals surface area contributed by atoms with Crippen LogP contribution in [0, 0.1) is 0 Å². The topological polar surface area (TPSA) is 21.3 Å². The fraction of sp³-hybridized carbons (Fsp3) is 0.538. The van der Waals surface area contributed by atoms with Crippen LogP contribution in [0.4, 0.5) is 0 Å². The van der Waals surface area contributed by atoms with E-state index in [-0.39, 0.29) is 11.2 Å². The summed E-state index contributed by atoms with van der Waals surface area (Å²) in [5, 5.41) is 3.44. The van der Waals surface area contributed by atoms with Crippen molar-refractivity contribution in [3.63, 3.8) is 0 Å². The second-order valence-electron chi connectivity index (χ2n) is 5.20. The second kappa shape index (κ2) is 4.13. The molecule has 1 aliphatic heterocycles. The van der Waals surface area contributed by atoms with E-state index in [2.05, 4.69) is 66.3 Å². The van der Waals surface area contributed by atoms with Crippen LogP contribution in [0.2, 0.25) is 0 Å². The molecule has 0 aromatic heterocycles. The Morgan fingerprint density at radius 2 is 1.75 bits per heavy atom. The van der Waals surface area contributed by atoms with Crippen LogP contribution in [0.1, 0.15) is 26.3 Å². The van der Waals surface area contributed by atoms with Gasteiger partial charge in [0.25, 0.3) is 0 Å². The van der Waals surface area contributed by atoms with Crippen LogP contribution >= 0.6 is 15.9 Å². The van der Waals surface area contributed by atoms with E-state index in [1.165, 1.54) is 5.56 Å². The maximum absolute atomic E-state index is 6.21. The lowest BCUT2D eigenvalue weighted by Gasteiger charge is -2.44. The summed E-state index contributed by atoms with van der Waals surface area (Å²) in [6, 6.07) is 8.36. The lowest BCUT2D eigenvalue weighted by molar-refractivity contribution is -0.157. The maximum atomic E-state index is 6.21. The highest BCUT2D eigenvalue weighted by molar-refractivity contribution is 9.10. The number of benzene rings is 1. The Labute approximate surface area is 106 Å². The number of morpholine rings is 1. The molecule has 2 rings (SSSR count). The standard InChI is InChI=1S/C13H18BrNO/c1-12(2)8-15-9-13(3,16-12)10-4-6-11(14)7-5-10/h4-7,15H,8-9H2,1-3H3. The Balaban J connectivity index is 2.27. The molecule has 0 saturated carbocycles. The highest BCUT2D eigenvalue weighted by Gasteiger charge is 2.38. The molecule has 1 aliphatic rings. The molecule has 1 saturated heterocycles. The number of halogens is 1. The van der Waals surface area contributed by atoms with Crippen molar-refractivity contribution in [1.82, 2.24) is 5.32 Å². The van der Waals surface area contributed by atoms with Crippen LogP contribution in [-0.2, 0) is 10.3 Å². The molecule has 0 aliphatic carbocycles. The Morgan fingerprint density at radius 3 is 2.31 bits per heavy atom. The average molecular weight is 284 g/mol. The Hall–Kier alpha value is -0.380. The van der Waals surface area contributed by atoms with Crippen molar-refractivity contribution in [3.8, 4) is 0 Å². The molecule has 1 unspecified atom stereocenters. The smallest absolute Gasteiger partial charge is 0.103 e. The highest BCUT2D eigenvalue weighted by Crippen LogP contribution is 2.33. The lowest BCUT2D eigenvalue weighted by atomic mass is 9.91. The molecule has 0 amide bonds. The fourth-order valence-corrected chi connectivity index (χ4v) is 2.51. The molecule has 1 heterocycles. The summed E-state index contributed by atoms with van der Waals surface area (Å²) in [4.78, 5) is 0. The molecule has 1 aromatic carbocycles. The second-order valence-corrected chi connectivity index (χ2v) is 6.12. The zero-order chi connectivity index (χ0) is 11.8. The predicted molar refractivity (Wildman–Crippen MR) is 69.5 cm³/mol. The molecule has 2 nitrogen and oxygen atoms in total. The van der Waals surface area contributed by atoms with Crippen LogP contribution in [0.3, 0.4) is 0 Å². The molecular formula is C13H18BrNO. The van der Waals surface area contributed by atoms with Crippen molar-refractivity contribution in [3.05, 3.63) is 34.3 Å². The first-order chi connectivity index (χ1) is 7.41. The van der Waals surface area contributed by atoms with Gasteiger partial charge < -0.3 is 10.1 Å². The zero-order valence-electron chi connectivity index (χ0n) is 10.0. The summed E-state index contributed by atoms with van der Waals surface area (Å²) in [5.74, 6) is 0. The van der Waals surface area contributed by atoms with Gasteiger partial charge in [0.2, 0.25) is 0 Å². The van der Waals surface area contributed by atoms with Crippen LogP contribution < -0.4 is 5.32 Å². The molecule has 1 fully saturated rings. The normalized spacial score (nSPS) is 29.0. The van der Waals surface area contributed by atoms with E-state index in [0.29, 0.717) is 0 Å². The first kappa shape index (κ1) is 12.1. The first-order valence-electron chi connectivity index (χ1n) is 5.58. The molecule has 0 spiro atoms. The van der Waals surface area contributed by atoms with Crippen LogP contribution in [0.15, 0.2) is 28.7 Å². The van der Waals surface area contributed by atoms with Gasteiger partial charge in [0.1, 0.15) is 5.60 Å². The maximum Gasteiger partial charge on any atom is 0.103 e. The minimum absolute atomic E-state index is 0.111. The summed E-state index contributed by atoms with van der Waals surface area (Å²) >= 11 is 3.45. The van der Waals surface area contributed by atoms with Gasteiger partial charge in [-0.05, 0) is 38.5 Å². The van der Waals surface area contributed by atoms with E-state index in [4.69, 9.17) is 4.74 Å². The summed E-state index contributed by atoms with van der Waals surface area (Å²) in [5.41, 5.74) is 0.874. The van der Waals surface area contributed by atoms with Gasteiger partial charge in [-0.2, -0.15) is 0 Å².